The molecule has 1 heterocycles. The third-order valence-corrected chi connectivity index (χ3v) is 2.64. The summed E-state index contributed by atoms with van der Waals surface area (Å²) in [5.41, 5.74) is 0. The van der Waals surface area contributed by atoms with Gasteiger partial charge in [-0.1, -0.05) is 0 Å². The van der Waals surface area contributed by atoms with Crippen LogP contribution in [0.25, 0.3) is 0 Å². The predicted octanol–water partition coefficient (Wildman–Crippen LogP) is -0.232. The zero-order chi connectivity index (χ0) is 10.8. The summed E-state index contributed by atoms with van der Waals surface area (Å²) in [6.07, 6.45) is 3.47. The Morgan fingerprint density at radius 2 is 2.53 bits per heavy atom. The Bertz CT molecular complexity index is 359. The van der Waals surface area contributed by atoms with Gasteiger partial charge in [-0.15, -0.1) is 0 Å². The van der Waals surface area contributed by atoms with Gasteiger partial charge in [0.05, 0.1) is 6.54 Å². The summed E-state index contributed by atoms with van der Waals surface area (Å²) in [5.74, 6) is 0.261. The maximum Gasteiger partial charge on any atom is 0.320 e. The largest absolute Gasteiger partial charge is 0.480 e. The van der Waals surface area contributed by atoms with Gasteiger partial charge in [0.15, 0.2) is 0 Å². The Kier molecular flexibility index (Phi) is 2.68. The number of aliphatic carboxylic acids is 1. The molecule has 6 heteroatoms. The molecule has 0 radical (unpaired) electrons. The van der Waals surface area contributed by atoms with Crippen LogP contribution in [0.3, 0.4) is 0 Å². The van der Waals surface area contributed by atoms with Crippen LogP contribution in [0.2, 0.25) is 0 Å². The Balaban J connectivity index is 1.91. The van der Waals surface area contributed by atoms with Gasteiger partial charge in [0.2, 0.25) is 0 Å². The van der Waals surface area contributed by atoms with E-state index in [4.69, 9.17) is 5.11 Å². The SMILES string of the molecule is Cn1ncnc1CNC(C(=O)O)C1CC1. The second-order valence-electron chi connectivity index (χ2n) is 3.83. The third kappa shape index (κ3) is 2.33. The van der Waals surface area contributed by atoms with E-state index in [0.717, 1.165) is 18.7 Å². The summed E-state index contributed by atoms with van der Waals surface area (Å²) in [7, 11) is 1.79. The summed E-state index contributed by atoms with van der Waals surface area (Å²) in [6.45, 7) is 0.448. The standard InChI is InChI=1S/C9H14N4O2/c1-13-7(11-5-12-13)4-10-8(9(14)15)6-2-3-6/h5-6,8,10H,2-4H2,1H3,(H,14,15). The summed E-state index contributed by atoms with van der Waals surface area (Å²) in [4.78, 5) is 14.9. The molecule has 0 bridgehead atoms. The molecule has 1 saturated carbocycles. The quantitative estimate of drug-likeness (QED) is 0.701. The van der Waals surface area contributed by atoms with Gasteiger partial charge in [0, 0.05) is 7.05 Å². The number of aryl methyl sites for hydroxylation is 1. The van der Waals surface area contributed by atoms with E-state index in [2.05, 4.69) is 15.4 Å². The topological polar surface area (TPSA) is 80.0 Å². The van der Waals surface area contributed by atoms with E-state index in [0.29, 0.717) is 6.54 Å². The number of hydrogen-bond donors (Lipinski definition) is 2. The van der Waals surface area contributed by atoms with Crippen molar-refractivity contribution in [1.82, 2.24) is 20.1 Å². The molecule has 82 valence electrons. The number of rotatable bonds is 5. The number of aromatic nitrogens is 3. The molecule has 1 aliphatic carbocycles. The Labute approximate surface area is 87.3 Å². The van der Waals surface area contributed by atoms with E-state index >= 15 is 0 Å². The van der Waals surface area contributed by atoms with E-state index in [1.54, 1.807) is 11.7 Å². The molecule has 1 aromatic heterocycles. The maximum absolute atomic E-state index is 10.9. The minimum Gasteiger partial charge on any atom is -0.480 e. The fraction of sp³-hybridized carbons (Fsp3) is 0.667. The Morgan fingerprint density at radius 1 is 1.80 bits per heavy atom. The Morgan fingerprint density at radius 3 is 3.00 bits per heavy atom. The first kappa shape index (κ1) is 10.1. The maximum atomic E-state index is 10.9. The lowest BCUT2D eigenvalue weighted by Crippen LogP contribution is -2.38. The molecule has 1 atom stereocenters. The van der Waals surface area contributed by atoms with Crippen molar-refractivity contribution >= 4 is 5.97 Å². The summed E-state index contributed by atoms with van der Waals surface area (Å²) in [6, 6.07) is -0.443. The van der Waals surface area contributed by atoms with E-state index < -0.39 is 12.0 Å². The van der Waals surface area contributed by atoms with Crippen LogP contribution in [0.1, 0.15) is 18.7 Å². The average Bonchev–Trinajstić information content (AvgIpc) is 2.92. The first-order chi connectivity index (χ1) is 7.18. The lowest BCUT2D eigenvalue weighted by Gasteiger charge is -2.12. The molecule has 0 aromatic carbocycles. The van der Waals surface area contributed by atoms with E-state index in [1.807, 2.05) is 0 Å². The Hall–Kier alpha value is -1.43. The smallest absolute Gasteiger partial charge is 0.320 e. The van der Waals surface area contributed by atoms with Gasteiger partial charge < -0.3 is 5.11 Å². The van der Waals surface area contributed by atoms with Gasteiger partial charge in [-0.2, -0.15) is 5.10 Å². The fourth-order valence-electron chi connectivity index (χ4n) is 1.57. The molecule has 15 heavy (non-hydrogen) atoms. The van der Waals surface area contributed by atoms with Crippen molar-refractivity contribution in [1.29, 1.82) is 0 Å². The number of carboxylic acids is 1. The van der Waals surface area contributed by atoms with Crippen LogP contribution in [0.15, 0.2) is 6.33 Å². The molecular formula is C9H14N4O2. The molecule has 0 aliphatic heterocycles. The van der Waals surface area contributed by atoms with Crippen LogP contribution in [0.4, 0.5) is 0 Å². The van der Waals surface area contributed by atoms with Crippen molar-refractivity contribution in [2.75, 3.05) is 0 Å². The monoisotopic (exact) mass is 210 g/mol. The van der Waals surface area contributed by atoms with Crippen molar-refractivity contribution < 1.29 is 9.90 Å². The van der Waals surface area contributed by atoms with Crippen LogP contribution < -0.4 is 5.32 Å². The summed E-state index contributed by atoms with van der Waals surface area (Å²) in [5, 5.41) is 15.9. The zero-order valence-electron chi connectivity index (χ0n) is 8.55. The zero-order valence-corrected chi connectivity index (χ0v) is 8.55. The van der Waals surface area contributed by atoms with Crippen LogP contribution in [-0.4, -0.2) is 31.9 Å². The van der Waals surface area contributed by atoms with E-state index in [9.17, 15) is 4.79 Å². The highest BCUT2D eigenvalue weighted by Gasteiger charge is 2.35. The summed E-state index contributed by atoms with van der Waals surface area (Å²) < 4.78 is 1.64. The molecule has 1 unspecified atom stereocenters. The minimum atomic E-state index is -0.778. The second-order valence-corrected chi connectivity index (χ2v) is 3.83. The van der Waals surface area contributed by atoms with Crippen LogP contribution in [0, 0.1) is 5.92 Å². The molecule has 1 aromatic rings. The lowest BCUT2D eigenvalue weighted by atomic mass is 10.2. The van der Waals surface area contributed by atoms with Gasteiger partial charge in [-0.05, 0) is 18.8 Å². The van der Waals surface area contributed by atoms with Crippen molar-refractivity contribution in [2.45, 2.75) is 25.4 Å². The van der Waals surface area contributed by atoms with Crippen LogP contribution >= 0.6 is 0 Å². The predicted molar refractivity (Wildman–Crippen MR) is 52.0 cm³/mol. The fourth-order valence-corrected chi connectivity index (χ4v) is 1.57. The highest BCUT2D eigenvalue weighted by Crippen LogP contribution is 2.32. The third-order valence-electron chi connectivity index (χ3n) is 2.64. The minimum absolute atomic E-state index is 0.288. The molecule has 1 fully saturated rings. The molecule has 0 amide bonds. The highest BCUT2D eigenvalue weighted by molar-refractivity contribution is 5.74. The molecule has 6 nitrogen and oxygen atoms in total. The van der Waals surface area contributed by atoms with Crippen molar-refractivity contribution in [3.8, 4) is 0 Å². The second kappa shape index (κ2) is 3.98. The van der Waals surface area contributed by atoms with E-state index in [1.165, 1.54) is 6.33 Å². The molecular weight excluding hydrogens is 196 g/mol. The van der Waals surface area contributed by atoms with E-state index in [-0.39, 0.29) is 5.92 Å². The van der Waals surface area contributed by atoms with Crippen LogP contribution in [0.5, 0.6) is 0 Å². The van der Waals surface area contributed by atoms with Gasteiger partial charge in [0.25, 0.3) is 0 Å². The number of carboxylic acid groups (broad SMARTS) is 1. The van der Waals surface area contributed by atoms with Gasteiger partial charge in [0.1, 0.15) is 18.2 Å². The van der Waals surface area contributed by atoms with Crippen molar-refractivity contribution in [3.05, 3.63) is 12.2 Å². The number of hydrogen-bond acceptors (Lipinski definition) is 4. The van der Waals surface area contributed by atoms with Crippen molar-refractivity contribution in [2.24, 2.45) is 13.0 Å². The summed E-state index contributed by atoms with van der Waals surface area (Å²) >= 11 is 0. The lowest BCUT2D eigenvalue weighted by molar-refractivity contribution is -0.140. The number of carbonyl (C=O) groups is 1. The normalized spacial score (nSPS) is 17.7. The molecule has 0 saturated heterocycles. The molecule has 0 spiro atoms. The number of nitrogens with one attached hydrogen (secondary N) is 1. The van der Waals surface area contributed by atoms with Gasteiger partial charge in [-0.25, -0.2) is 4.98 Å². The van der Waals surface area contributed by atoms with Crippen molar-refractivity contribution in [3.63, 3.8) is 0 Å². The average molecular weight is 210 g/mol. The molecule has 2 rings (SSSR count). The van der Waals surface area contributed by atoms with Gasteiger partial charge >= 0.3 is 5.97 Å². The van der Waals surface area contributed by atoms with Gasteiger partial charge in [-0.3, -0.25) is 14.8 Å². The molecule has 1 aliphatic rings. The molecule has 2 N–H and O–H groups in total. The van der Waals surface area contributed by atoms with Crippen LogP contribution in [-0.2, 0) is 18.4 Å². The first-order valence-electron chi connectivity index (χ1n) is 4.97. The highest BCUT2D eigenvalue weighted by atomic mass is 16.4. The number of nitrogens with zero attached hydrogens (tertiary/aromatic N) is 3. The first-order valence-corrected chi connectivity index (χ1v) is 4.97.